The molecule has 2 N–H and O–H groups in total. The van der Waals surface area contributed by atoms with E-state index in [-0.39, 0.29) is 16.2 Å². The molecule has 0 spiro atoms. The van der Waals surface area contributed by atoms with Gasteiger partial charge in [-0.3, -0.25) is 9.52 Å². The van der Waals surface area contributed by atoms with Gasteiger partial charge in [0.05, 0.1) is 10.5 Å². The largest absolute Gasteiger partial charge is 0.416 e. The molecule has 1 aromatic heterocycles. The quantitative estimate of drug-likeness (QED) is 0.594. The van der Waals surface area contributed by atoms with Gasteiger partial charge in [-0.15, -0.1) is 0 Å². The second kappa shape index (κ2) is 7.51. The lowest BCUT2D eigenvalue weighted by molar-refractivity contribution is -0.137. The number of hydrogen-bond acceptors (Lipinski definition) is 5. The van der Waals surface area contributed by atoms with Crippen LogP contribution in [0.3, 0.4) is 0 Å². The predicted octanol–water partition coefficient (Wildman–Crippen LogP) is 3.79. The van der Waals surface area contributed by atoms with Crippen LogP contribution in [-0.4, -0.2) is 24.3 Å². The number of aromatic nitrogens is 2. The van der Waals surface area contributed by atoms with E-state index < -0.39 is 27.7 Å². The fourth-order valence-corrected chi connectivity index (χ4v) is 4.06. The minimum atomic E-state index is -4.52. The Balaban J connectivity index is 1.65. The van der Waals surface area contributed by atoms with Gasteiger partial charge in [0.1, 0.15) is 6.33 Å². The third kappa shape index (κ3) is 4.26. The second-order valence-corrected chi connectivity index (χ2v) is 8.25. The fraction of sp³-hybridized carbons (Fsp3) is 0.0500. The number of alkyl halides is 3. The number of sulfonamides is 1. The lowest BCUT2D eigenvalue weighted by Crippen LogP contribution is -2.13. The molecule has 3 aromatic rings. The number of nitrogens with zero attached hydrogens (tertiary/aromatic N) is 2. The van der Waals surface area contributed by atoms with Crippen molar-refractivity contribution in [3.05, 3.63) is 77.9 Å². The number of amides is 1. The SMILES string of the molecule is O=C1Nc2ccc(S(=O)(=O)Nc3ccc(C(F)(F)F)cc3)cc2C1=Cc1cncnc1. The predicted molar refractivity (Wildman–Crippen MR) is 107 cm³/mol. The third-order valence-corrected chi connectivity index (χ3v) is 5.82. The summed E-state index contributed by atoms with van der Waals surface area (Å²) in [6, 6.07) is 7.67. The van der Waals surface area contributed by atoms with E-state index in [1.165, 1.54) is 43.0 Å². The maximum Gasteiger partial charge on any atom is 0.416 e. The van der Waals surface area contributed by atoms with Crippen LogP contribution in [0.15, 0.2) is 66.1 Å². The highest BCUT2D eigenvalue weighted by atomic mass is 32.2. The first kappa shape index (κ1) is 20.5. The van der Waals surface area contributed by atoms with Gasteiger partial charge < -0.3 is 5.32 Å². The van der Waals surface area contributed by atoms with E-state index in [0.29, 0.717) is 16.8 Å². The highest BCUT2D eigenvalue weighted by Crippen LogP contribution is 2.35. The molecule has 0 aliphatic carbocycles. The summed E-state index contributed by atoms with van der Waals surface area (Å²) < 4.78 is 65.8. The zero-order valence-corrected chi connectivity index (χ0v) is 16.3. The van der Waals surface area contributed by atoms with Gasteiger partial charge in [-0.2, -0.15) is 13.2 Å². The van der Waals surface area contributed by atoms with E-state index in [0.717, 1.165) is 24.3 Å². The van der Waals surface area contributed by atoms with Crippen LogP contribution < -0.4 is 10.0 Å². The van der Waals surface area contributed by atoms with Gasteiger partial charge >= 0.3 is 6.18 Å². The standard InChI is InChI=1S/C20H13F3N4O3S/c21-20(22,23)13-1-3-14(4-2-13)27-31(29,30)15-5-6-18-16(8-15)17(19(28)26-18)7-12-9-24-11-25-10-12/h1-11,27H,(H,26,28). The number of nitrogens with one attached hydrogen (secondary N) is 2. The Morgan fingerprint density at radius 3 is 2.32 bits per heavy atom. The van der Waals surface area contributed by atoms with E-state index in [1.54, 1.807) is 0 Å². The van der Waals surface area contributed by atoms with E-state index in [4.69, 9.17) is 0 Å². The molecule has 11 heteroatoms. The summed E-state index contributed by atoms with van der Waals surface area (Å²) in [6.07, 6.45) is 1.34. The van der Waals surface area contributed by atoms with Crippen LogP contribution in [0.2, 0.25) is 0 Å². The summed E-state index contributed by atoms with van der Waals surface area (Å²) in [5.41, 5.74) is 0.663. The summed E-state index contributed by atoms with van der Waals surface area (Å²) in [7, 11) is -4.12. The summed E-state index contributed by atoms with van der Waals surface area (Å²) in [6.45, 7) is 0. The third-order valence-electron chi connectivity index (χ3n) is 4.44. The molecule has 0 saturated carbocycles. The number of carbonyl (C=O) groups is 1. The summed E-state index contributed by atoms with van der Waals surface area (Å²) >= 11 is 0. The van der Waals surface area contributed by atoms with Crippen LogP contribution in [0.25, 0.3) is 11.6 Å². The van der Waals surface area contributed by atoms with E-state index in [1.807, 2.05) is 0 Å². The van der Waals surface area contributed by atoms with Crippen molar-refractivity contribution in [2.45, 2.75) is 11.1 Å². The van der Waals surface area contributed by atoms with Crippen LogP contribution in [0, 0.1) is 0 Å². The molecule has 31 heavy (non-hydrogen) atoms. The van der Waals surface area contributed by atoms with Gasteiger partial charge in [0.15, 0.2) is 0 Å². The summed E-state index contributed by atoms with van der Waals surface area (Å²) in [4.78, 5) is 19.9. The fourth-order valence-electron chi connectivity index (χ4n) is 2.97. The minimum Gasteiger partial charge on any atom is -0.321 e. The molecule has 7 nitrogen and oxygen atoms in total. The molecule has 0 bridgehead atoms. The van der Waals surface area contributed by atoms with E-state index in [9.17, 15) is 26.4 Å². The molecule has 0 atom stereocenters. The topological polar surface area (TPSA) is 101 Å². The number of halogens is 3. The van der Waals surface area contributed by atoms with Gasteiger partial charge in [0.2, 0.25) is 0 Å². The first-order valence-electron chi connectivity index (χ1n) is 8.76. The smallest absolute Gasteiger partial charge is 0.321 e. The first-order valence-corrected chi connectivity index (χ1v) is 10.2. The maximum atomic E-state index is 12.8. The van der Waals surface area contributed by atoms with E-state index >= 15 is 0 Å². The monoisotopic (exact) mass is 446 g/mol. The molecule has 0 unspecified atom stereocenters. The molecule has 1 aliphatic heterocycles. The molecule has 158 valence electrons. The Labute approximate surface area is 174 Å². The molecule has 2 aromatic carbocycles. The Morgan fingerprint density at radius 1 is 1.00 bits per heavy atom. The number of anilines is 2. The molecular weight excluding hydrogens is 433 g/mol. The van der Waals surface area contributed by atoms with Crippen molar-refractivity contribution in [2.75, 3.05) is 10.0 Å². The van der Waals surface area contributed by atoms with Crippen molar-refractivity contribution in [1.82, 2.24) is 9.97 Å². The molecule has 2 heterocycles. The minimum absolute atomic E-state index is 0.0279. The molecule has 0 saturated heterocycles. The van der Waals surface area contributed by atoms with Crippen molar-refractivity contribution < 1.29 is 26.4 Å². The van der Waals surface area contributed by atoms with Crippen molar-refractivity contribution in [1.29, 1.82) is 0 Å². The van der Waals surface area contributed by atoms with Gasteiger partial charge in [-0.1, -0.05) is 0 Å². The number of hydrogen-bond donors (Lipinski definition) is 2. The van der Waals surface area contributed by atoms with Gasteiger partial charge in [-0.05, 0) is 48.5 Å². The normalized spacial score (nSPS) is 14.9. The highest BCUT2D eigenvalue weighted by molar-refractivity contribution is 7.92. The van der Waals surface area contributed by atoms with Crippen LogP contribution in [0.4, 0.5) is 24.5 Å². The lowest BCUT2D eigenvalue weighted by Gasteiger charge is -2.11. The highest BCUT2D eigenvalue weighted by Gasteiger charge is 2.30. The zero-order chi connectivity index (χ0) is 22.2. The van der Waals surface area contributed by atoms with Gasteiger partial charge in [-0.25, -0.2) is 18.4 Å². The average molecular weight is 446 g/mol. The average Bonchev–Trinajstić information content (AvgIpc) is 3.03. The van der Waals surface area contributed by atoms with Crippen LogP contribution >= 0.6 is 0 Å². The molecule has 0 radical (unpaired) electrons. The zero-order valence-electron chi connectivity index (χ0n) is 15.5. The number of benzene rings is 2. The number of carbonyl (C=O) groups excluding carboxylic acids is 1. The summed E-state index contributed by atoms with van der Waals surface area (Å²) in [5, 5.41) is 2.65. The van der Waals surface area contributed by atoms with Crippen LogP contribution in [-0.2, 0) is 21.0 Å². The molecule has 1 amide bonds. The molecule has 1 aliphatic rings. The van der Waals surface area contributed by atoms with Crippen LogP contribution in [0.5, 0.6) is 0 Å². The summed E-state index contributed by atoms with van der Waals surface area (Å²) in [5.74, 6) is -0.413. The Hall–Kier alpha value is -3.73. The lowest BCUT2D eigenvalue weighted by atomic mass is 10.1. The first-order chi connectivity index (χ1) is 14.6. The van der Waals surface area contributed by atoms with Gasteiger partial charge in [0, 0.05) is 40.5 Å². The van der Waals surface area contributed by atoms with Gasteiger partial charge in [0.25, 0.3) is 15.9 Å². The second-order valence-electron chi connectivity index (χ2n) is 6.57. The number of rotatable bonds is 4. The van der Waals surface area contributed by atoms with Crippen molar-refractivity contribution >= 4 is 39.0 Å². The van der Waals surface area contributed by atoms with Crippen molar-refractivity contribution in [2.24, 2.45) is 0 Å². The van der Waals surface area contributed by atoms with E-state index in [2.05, 4.69) is 20.0 Å². The van der Waals surface area contributed by atoms with Crippen molar-refractivity contribution in [3.8, 4) is 0 Å². The molecule has 0 fully saturated rings. The van der Waals surface area contributed by atoms with Crippen molar-refractivity contribution in [3.63, 3.8) is 0 Å². The number of fused-ring (bicyclic) bond motifs is 1. The molecule has 4 rings (SSSR count). The maximum absolute atomic E-state index is 12.8. The molecular formula is C20H13F3N4O3S. The Kier molecular flexibility index (Phi) is 4.97. The van der Waals surface area contributed by atoms with Crippen LogP contribution in [0.1, 0.15) is 16.7 Å². The Morgan fingerprint density at radius 2 is 1.68 bits per heavy atom. The Bertz CT molecular complexity index is 1290.